The van der Waals surface area contributed by atoms with Crippen LogP contribution in [0.25, 0.3) is 0 Å². The van der Waals surface area contributed by atoms with Crippen molar-refractivity contribution in [2.24, 2.45) is 0 Å². The molecule has 0 spiro atoms. The van der Waals surface area contributed by atoms with Gasteiger partial charge in [0.15, 0.2) is 0 Å². The molecule has 0 heterocycles. The Morgan fingerprint density at radius 3 is 2.06 bits per heavy atom. The van der Waals surface area contributed by atoms with Crippen LogP contribution in [0.4, 0.5) is 13.2 Å². The molecule has 0 aliphatic heterocycles. The number of halogens is 3. The lowest BCUT2D eigenvalue weighted by Gasteiger charge is -2.13. The van der Waals surface area contributed by atoms with Gasteiger partial charge < -0.3 is 4.90 Å². The molecule has 0 fully saturated rings. The van der Waals surface area contributed by atoms with Gasteiger partial charge in [-0.05, 0) is 24.3 Å². The SMILES string of the molecule is CN(C)C(=S)Sc1ccc(C(F)(F)F)cc1. The largest absolute Gasteiger partial charge is 0.416 e. The average molecular weight is 265 g/mol. The second-order valence-corrected chi connectivity index (χ2v) is 4.99. The van der Waals surface area contributed by atoms with Gasteiger partial charge in [0, 0.05) is 19.0 Å². The van der Waals surface area contributed by atoms with Gasteiger partial charge in [0.25, 0.3) is 0 Å². The average Bonchev–Trinajstić information content (AvgIpc) is 2.17. The first kappa shape index (κ1) is 13.3. The molecular formula is C10H10F3NS2. The molecule has 1 aromatic carbocycles. The maximum Gasteiger partial charge on any atom is 0.416 e. The van der Waals surface area contributed by atoms with Gasteiger partial charge in [0.2, 0.25) is 0 Å². The van der Waals surface area contributed by atoms with Crippen molar-refractivity contribution < 1.29 is 13.2 Å². The molecule has 0 bridgehead atoms. The molecule has 88 valence electrons. The number of alkyl halides is 3. The molecule has 16 heavy (non-hydrogen) atoms. The third-order valence-corrected chi connectivity index (χ3v) is 3.41. The Morgan fingerprint density at radius 2 is 1.69 bits per heavy atom. The molecule has 0 aromatic heterocycles. The third-order valence-electron chi connectivity index (χ3n) is 1.75. The molecular weight excluding hydrogens is 255 g/mol. The van der Waals surface area contributed by atoms with Gasteiger partial charge in [-0.15, -0.1) is 0 Å². The first-order valence-corrected chi connectivity index (χ1v) is 5.59. The Labute approximate surface area is 102 Å². The van der Waals surface area contributed by atoms with Gasteiger partial charge in [0.1, 0.15) is 4.32 Å². The van der Waals surface area contributed by atoms with Gasteiger partial charge in [-0.2, -0.15) is 13.2 Å². The number of hydrogen-bond acceptors (Lipinski definition) is 2. The van der Waals surface area contributed by atoms with E-state index in [1.807, 2.05) is 0 Å². The molecule has 0 saturated heterocycles. The lowest BCUT2D eigenvalue weighted by Crippen LogP contribution is -2.15. The first-order valence-electron chi connectivity index (χ1n) is 4.37. The van der Waals surface area contributed by atoms with Crippen LogP contribution in [0.5, 0.6) is 0 Å². The van der Waals surface area contributed by atoms with E-state index in [1.54, 1.807) is 19.0 Å². The molecule has 0 unspecified atom stereocenters. The van der Waals surface area contributed by atoms with Gasteiger partial charge in [0.05, 0.1) is 5.56 Å². The van der Waals surface area contributed by atoms with Crippen molar-refractivity contribution in [3.05, 3.63) is 29.8 Å². The Balaban J connectivity index is 2.76. The summed E-state index contributed by atoms with van der Waals surface area (Å²) in [6.07, 6.45) is -4.29. The van der Waals surface area contributed by atoms with E-state index < -0.39 is 11.7 Å². The summed E-state index contributed by atoms with van der Waals surface area (Å²) in [6, 6.07) is 4.95. The summed E-state index contributed by atoms with van der Waals surface area (Å²) in [4.78, 5) is 2.43. The normalized spacial score (nSPS) is 11.3. The van der Waals surface area contributed by atoms with Crippen LogP contribution >= 0.6 is 24.0 Å². The van der Waals surface area contributed by atoms with Crippen molar-refractivity contribution in [2.45, 2.75) is 11.1 Å². The van der Waals surface area contributed by atoms with Crippen molar-refractivity contribution in [3.63, 3.8) is 0 Å². The van der Waals surface area contributed by atoms with E-state index in [0.29, 0.717) is 9.22 Å². The molecule has 0 aliphatic carbocycles. The minimum atomic E-state index is -4.29. The van der Waals surface area contributed by atoms with Crippen LogP contribution in [-0.2, 0) is 6.18 Å². The summed E-state index contributed by atoms with van der Waals surface area (Å²) in [5.41, 5.74) is -0.646. The summed E-state index contributed by atoms with van der Waals surface area (Å²) in [7, 11) is 3.58. The number of thioether (sulfide) groups is 1. The molecule has 0 N–H and O–H groups in total. The van der Waals surface area contributed by atoms with Crippen molar-refractivity contribution in [3.8, 4) is 0 Å². The molecule has 0 aliphatic rings. The summed E-state index contributed by atoms with van der Waals surface area (Å²) in [6.45, 7) is 0. The fraction of sp³-hybridized carbons (Fsp3) is 0.300. The molecule has 0 atom stereocenters. The van der Waals surface area contributed by atoms with Gasteiger partial charge >= 0.3 is 6.18 Å². The lowest BCUT2D eigenvalue weighted by atomic mass is 10.2. The maximum absolute atomic E-state index is 12.3. The zero-order valence-electron chi connectivity index (χ0n) is 8.71. The minimum Gasteiger partial charge on any atom is -0.363 e. The van der Waals surface area contributed by atoms with Crippen LogP contribution in [0.15, 0.2) is 29.2 Å². The van der Waals surface area contributed by atoms with Crippen LogP contribution in [0.1, 0.15) is 5.56 Å². The van der Waals surface area contributed by atoms with Crippen molar-refractivity contribution in [1.29, 1.82) is 0 Å². The van der Waals surface area contributed by atoms with E-state index in [2.05, 4.69) is 0 Å². The molecule has 1 aromatic rings. The summed E-state index contributed by atoms with van der Waals surface area (Å²) in [5, 5.41) is 0. The highest BCUT2D eigenvalue weighted by Crippen LogP contribution is 2.31. The Morgan fingerprint density at radius 1 is 1.19 bits per heavy atom. The number of hydrogen-bond donors (Lipinski definition) is 0. The van der Waals surface area contributed by atoms with Crippen LogP contribution < -0.4 is 0 Å². The topological polar surface area (TPSA) is 3.24 Å². The first-order chi connectivity index (χ1) is 7.30. The van der Waals surface area contributed by atoms with Crippen molar-refractivity contribution in [1.82, 2.24) is 4.90 Å². The van der Waals surface area contributed by atoms with E-state index in [1.165, 1.54) is 23.9 Å². The van der Waals surface area contributed by atoms with Gasteiger partial charge in [-0.3, -0.25) is 0 Å². The Bertz CT molecular complexity index is 371. The zero-order valence-corrected chi connectivity index (χ0v) is 10.3. The highest BCUT2D eigenvalue weighted by atomic mass is 32.2. The number of rotatable bonds is 1. The van der Waals surface area contributed by atoms with Crippen LogP contribution in [0, 0.1) is 0 Å². The van der Waals surface area contributed by atoms with E-state index in [-0.39, 0.29) is 0 Å². The highest BCUT2D eigenvalue weighted by molar-refractivity contribution is 8.22. The maximum atomic E-state index is 12.3. The summed E-state index contributed by atoms with van der Waals surface area (Å²) in [5.74, 6) is 0. The third kappa shape index (κ3) is 3.68. The van der Waals surface area contributed by atoms with Crippen LogP contribution in [0.2, 0.25) is 0 Å². The highest BCUT2D eigenvalue weighted by Gasteiger charge is 2.29. The summed E-state index contributed by atoms with van der Waals surface area (Å²) < 4.78 is 37.4. The van der Waals surface area contributed by atoms with E-state index in [9.17, 15) is 13.2 Å². The second kappa shape index (κ2) is 5.05. The standard InChI is InChI=1S/C10H10F3NS2/c1-14(2)9(15)16-8-5-3-7(4-6-8)10(11,12)13/h3-6H,1-2H3. The van der Waals surface area contributed by atoms with E-state index >= 15 is 0 Å². The molecule has 0 saturated carbocycles. The van der Waals surface area contributed by atoms with E-state index in [4.69, 9.17) is 12.2 Å². The van der Waals surface area contributed by atoms with Gasteiger partial charge in [-0.25, -0.2) is 0 Å². The van der Waals surface area contributed by atoms with Crippen molar-refractivity contribution in [2.75, 3.05) is 14.1 Å². The summed E-state index contributed by atoms with van der Waals surface area (Å²) >= 11 is 6.29. The van der Waals surface area contributed by atoms with E-state index in [0.717, 1.165) is 12.1 Å². The lowest BCUT2D eigenvalue weighted by molar-refractivity contribution is -0.137. The van der Waals surface area contributed by atoms with Crippen LogP contribution in [0.3, 0.4) is 0 Å². The zero-order chi connectivity index (χ0) is 12.3. The number of benzene rings is 1. The Hall–Kier alpha value is -0.750. The number of nitrogens with zero attached hydrogens (tertiary/aromatic N) is 1. The predicted molar refractivity (Wildman–Crippen MR) is 63.6 cm³/mol. The minimum absolute atomic E-state index is 0.611. The fourth-order valence-electron chi connectivity index (χ4n) is 0.904. The second-order valence-electron chi connectivity index (χ2n) is 3.28. The molecule has 0 amide bonds. The quantitative estimate of drug-likeness (QED) is 0.564. The van der Waals surface area contributed by atoms with Gasteiger partial charge in [-0.1, -0.05) is 24.0 Å². The monoisotopic (exact) mass is 265 g/mol. The molecule has 1 nitrogen and oxygen atoms in total. The predicted octanol–water partition coefficient (Wildman–Crippen LogP) is 3.64. The molecule has 1 rings (SSSR count). The number of thiocarbonyl (C=S) groups is 1. The smallest absolute Gasteiger partial charge is 0.363 e. The molecule has 6 heteroatoms. The molecule has 0 radical (unpaired) electrons. The Kier molecular flexibility index (Phi) is 4.21. The van der Waals surface area contributed by atoms with Crippen LogP contribution in [-0.4, -0.2) is 23.3 Å². The fourth-order valence-corrected chi connectivity index (χ4v) is 1.85. The van der Waals surface area contributed by atoms with Crippen molar-refractivity contribution >= 4 is 28.3 Å².